The van der Waals surface area contributed by atoms with Crippen LogP contribution in [0.15, 0.2) is 34.8 Å². The van der Waals surface area contributed by atoms with E-state index >= 15 is 0 Å². The van der Waals surface area contributed by atoms with E-state index in [1.807, 2.05) is 0 Å². The lowest BCUT2D eigenvalue weighted by molar-refractivity contribution is 0.386. The summed E-state index contributed by atoms with van der Waals surface area (Å²) in [7, 11) is 0. The zero-order valence-electron chi connectivity index (χ0n) is 9.39. The third-order valence-electron chi connectivity index (χ3n) is 2.32. The zero-order chi connectivity index (χ0) is 14.0. The molecule has 19 heavy (non-hydrogen) atoms. The number of ether oxygens (including phenoxy) is 1. The van der Waals surface area contributed by atoms with Crippen molar-refractivity contribution in [1.82, 2.24) is 0 Å². The van der Waals surface area contributed by atoms with Crippen molar-refractivity contribution in [2.75, 3.05) is 0 Å². The molecule has 0 saturated carbocycles. The van der Waals surface area contributed by atoms with Gasteiger partial charge in [0.15, 0.2) is 29.0 Å². The Hall–Kier alpha value is -1.20. The summed E-state index contributed by atoms with van der Waals surface area (Å²) < 4.78 is 46.3. The second-order valence-corrected chi connectivity index (χ2v) is 4.88. The van der Waals surface area contributed by atoms with Crippen molar-refractivity contribution in [3.8, 4) is 11.5 Å². The van der Waals surface area contributed by atoms with E-state index in [0.717, 1.165) is 18.2 Å². The van der Waals surface area contributed by atoms with Gasteiger partial charge in [-0.3, -0.25) is 0 Å². The van der Waals surface area contributed by atoms with E-state index in [2.05, 4.69) is 15.9 Å². The summed E-state index contributed by atoms with van der Waals surface area (Å²) in [6, 6.07) is 5.94. The van der Waals surface area contributed by atoms with Crippen molar-refractivity contribution >= 4 is 27.5 Å². The third-order valence-corrected chi connectivity index (χ3v) is 3.12. The molecule has 0 aromatic heterocycles. The Labute approximate surface area is 121 Å². The highest BCUT2D eigenvalue weighted by Gasteiger charge is 2.15. The van der Waals surface area contributed by atoms with Crippen molar-refractivity contribution in [2.24, 2.45) is 0 Å². The number of hydrogen-bond acceptors (Lipinski definition) is 1. The molecule has 6 heteroatoms. The molecule has 0 aliphatic carbocycles. The molecule has 0 spiro atoms. The first-order chi connectivity index (χ1) is 9.01. The average molecular weight is 352 g/mol. The van der Waals surface area contributed by atoms with Gasteiger partial charge in [-0.1, -0.05) is 15.9 Å². The van der Waals surface area contributed by atoms with E-state index in [0.29, 0.717) is 4.47 Å². The molecular formula is C13H7BrClF3O. The fourth-order valence-corrected chi connectivity index (χ4v) is 1.95. The van der Waals surface area contributed by atoms with Gasteiger partial charge < -0.3 is 4.74 Å². The summed E-state index contributed by atoms with van der Waals surface area (Å²) in [5, 5.41) is 0. The number of halogens is 5. The number of hydrogen-bond donors (Lipinski definition) is 0. The van der Waals surface area contributed by atoms with Gasteiger partial charge >= 0.3 is 0 Å². The first kappa shape index (κ1) is 14.2. The van der Waals surface area contributed by atoms with Gasteiger partial charge in [-0.25, -0.2) is 13.2 Å². The minimum Gasteiger partial charge on any atom is -0.448 e. The van der Waals surface area contributed by atoms with Crippen LogP contribution >= 0.6 is 27.5 Å². The predicted octanol–water partition coefficient (Wildman–Crippen LogP) is 5.40. The van der Waals surface area contributed by atoms with Crippen LogP contribution in [0.4, 0.5) is 13.2 Å². The highest BCUT2D eigenvalue weighted by Crippen LogP contribution is 2.32. The molecular weight excluding hydrogens is 344 g/mol. The van der Waals surface area contributed by atoms with Gasteiger partial charge in [0, 0.05) is 10.4 Å². The fourth-order valence-electron chi connectivity index (χ4n) is 1.45. The van der Waals surface area contributed by atoms with Gasteiger partial charge in [0.05, 0.1) is 0 Å². The first-order valence-corrected chi connectivity index (χ1v) is 6.51. The number of rotatable bonds is 3. The molecule has 1 nitrogen and oxygen atoms in total. The molecule has 0 amide bonds. The van der Waals surface area contributed by atoms with E-state index in [-0.39, 0.29) is 17.2 Å². The van der Waals surface area contributed by atoms with Crippen LogP contribution in [-0.2, 0) is 5.88 Å². The third kappa shape index (κ3) is 3.22. The van der Waals surface area contributed by atoms with Crippen molar-refractivity contribution < 1.29 is 17.9 Å². The van der Waals surface area contributed by atoms with Crippen LogP contribution < -0.4 is 4.74 Å². The van der Waals surface area contributed by atoms with Gasteiger partial charge in [0.1, 0.15) is 0 Å². The molecule has 0 radical (unpaired) electrons. The maximum absolute atomic E-state index is 13.7. The van der Waals surface area contributed by atoms with Gasteiger partial charge in [-0.2, -0.15) is 0 Å². The Morgan fingerprint density at radius 2 is 1.63 bits per heavy atom. The maximum Gasteiger partial charge on any atom is 0.198 e. The lowest BCUT2D eigenvalue weighted by atomic mass is 10.2. The van der Waals surface area contributed by atoms with E-state index < -0.39 is 23.2 Å². The summed E-state index contributed by atoms with van der Waals surface area (Å²) >= 11 is 8.61. The molecule has 0 aliphatic rings. The molecule has 0 fully saturated rings. The van der Waals surface area contributed by atoms with Gasteiger partial charge in [-0.15, -0.1) is 11.6 Å². The molecule has 2 rings (SSSR count). The minimum absolute atomic E-state index is 0.0284. The van der Waals surface area contributed by atoms with Gasteiger partial charge in [0.25, 0.3) is 0 Å². The van der Waals surface area contributed by atoms with Crippen molar-refractivity contribution in [1.29, 1.82) is 0 Å². The smallest absolute Gasteiger partial charge is 0.198 e. The fraction of sp³-hybridized carbons (Fsp3) is 0.0769. The highest BCUT2D eigenvalue weighted by atomic mass is 79.9. The highest BCUT2D eigenvalue weighted by molar-refractivity contribution is 9.10. The van der Waals surface area contributed by atoms with Gasteiger partial charge in [0.2, 0.25) is 0 Å². The Morgan fingerprint density at radius 1 is 1.00 bits per heavy atom. The topological polar surface area (TPSA) is 9.23 Å². The predicted molar refractivity (Wildman–Crippen MR) is 70.1 cm³/mol. The SMILES string of the molecule is Fc1ccc(Br)cc1Oc1c(F)cc(CCl)cc1F. The van der Waals surface area contributed by atoms with Crippen molar-refractivity contribution in [3.05, 3.63) is 57.8 Å². The quantitative estimate of drug-likeness (QED) is 0.673. The molecule has 2 aromatic carbocycles. The van der Waals surface area contributed by atoms with E-state index in [9.17, 15) is 13.2 Å². The van der Waals surface area contributed by atoms with Crippen LogP contribution in [-0.4, -0.2) is 0 Å². The van der Waals surface area contributed by atoms with Crippen molar-refractivity contribution in [2.45, 2.75) is 5.88 Å². The Morgan fingerprint density at radius 3 is 2.21 bits per heavy atom. The van der Waals surface area contributed by atoms with Crippen LogP contribution in [0.2, 0.25) is 0 Å². The first-order valence-electron chi connectivity index (χ1n) is 5.18. The van der Waals surface area contributed by atoms with Crippen LogP contribution in [0.25, 0.3) is 0 Å². The minimum atomic E-state index is -0.935. The molecule has 100 valence electrons. The molecule has 2 aromatic rings. The van der Waals surface area contributed by atoms with Crippen molar-refractivity contribution in [3.63, 3.8) is 0 Å². The monoisotopic (exact) mass is 350 g/mol. The van der Waals surface area contributed by atoms with Crippen LogP contribution in [0.5, 0.6) is 11.5 Å². The lowest BCUT2D eigenvalue weighted by Gasteiger charge is -2.10. The molecule has 0 aliphatic heterocycles. The van der Waals surface area contributed by atoms with E-state index in [1.165, 1.54) is 12.1 Å². The average Bonchev–Trinajstić information content (AvgIpc) is 2.37. The molecule has 0 atom stereocenters. The molecule has 0 bridgehead atoms. The molecule has 0 N–H and O–H groups in total. The molecule has 0 heterocycles. The Kier molecular flexibility index (Phi) is 4.37. The number of alkyl halides is 1. The summed E-state index contributed by atoms with van der Waals surface area (Å²) in [4.78, 5) is 0. The van der Waals surface area contributed by atoms with Crippen LogP contribution in [0, 0.1) is 17.5 Å². The normalized spacial score (nSPS) is 10.6. The summed E-state index contributed by atoms with van der Waals surface area (Å²) in [6.45, 7) is 0. The summed E-state index contributed by atoms with van der Waals surface area (Å²) in [5.74, 6) is -3.55. The Balaban J connectivity index is 2.41. The second-order valence-electron chi connectivity index (χ2n) is 3.70. The van der Waals surface area contributed by atoms with E-state index in [4.69, 9.17) is 16.3 Å². The van der Waals surface area contributed by atoms with E-state index in [1.54, 1.807) is 0 Å². The maximum atomic E-state index is 13.7. The zero-order valence-corrected chi connectivity index (χ0v) is 11.7. The Bertz CT molecular complexity index is 596. The van der Waals surface area contributed by atoms with Gasteiger partial charge in [-0.05, 0) is 35.9 Å². The summed E-state index contributed by atoms with van der Waals surface area (Å²) in [5.41, 5.74) is 0.277. The standard InChI is InChI=1S/C13H7BrClF3O/c14-8-1-2-9(16)12(5-8)19-13-10(17)3-7(6-15)4-11(13)18/h1-5H,6H2. The second kappa shape index (κ2) is 5.84. The molecule has 0 unspecified atom stereocenters. The van der Waals surface area contributed by atoms with Crippen LogP contribution in [0.1, 0.15) is 5.56 Å². The number of benzene rings is 2. The summed E-state index contributed by atoms with van der Waals surface area (Å²) in [6.07, 6.45) is 0. The lowest BCUT2D eigenvalue weighted by Crippen LogP contribution is -1.96. The van der Waals surface area contributed by atoms with Crippen LogP contribution in [0.3, 0.4) is 0 Å². The molecule has 0 saturated heterocycles. The largest absolute Gasteiger partial charge is 0.448 e.